The van der Waals surface area contributed by atoms with Gasteiger partial charge in [0.2, 0.25) is 5.89 Å². The lowest BCUT2D eigenvalue weighted by Gasteiger charge is -2.19. The van der Waals surface area contributed by atoms with Crippen LogP contribution in [0, 0.1) is 5.82 Å². The highest BCUT2D eigenvalue weighted by Crippen LogP contribution is 2.21. The molecule has 8 heteroatoms. The van der Waals surface area contributed by atoms with E-state index >= 15 is 0 Å². The lowest BCUT2D eigenvalue weighted by atomic mass is 10.2. The molecule has 0 aliphatic carbocycles. The highest BCUT2D eigenvalue weighted by atomic mass is 35.5. The van der Waals surface area contributed by atoms with Crippen LogP contribution in [0.15, 0.2) is 22.7 Å². The van der Waals surface area contributed by atoms with Gasteiger partial charge in [-0.25, -0.2) is 4.39 Å². The number of primary amides is 1. The fourth-order valence-corrected chi connectivity index (χ4v) is 2.02. The van der Waals surface area contributed by atoms with Crippen molar-refractivity contribution in [3.05, 3.63) is 46.3 Å². The molecule has 112 valence electrons. The third-order valence-corrected chi connectivity index (χ3v) is 3.29. The minimum absolute atomic E-state index is 0.176. The van der Waals surface area contributed by atoms with Crippen molar-refractivity contribution >= 4 is 17.5 Å². The molecule has 0 radical (unpaired) electrons. The van der Waals surface area contributed by atoms with Crippen LogP contribution in [0.3, 0.4) is 0 Å². The third-order valence-electron chi connectivity index (χ3n) is 2.94. The van der Waals surface area contributed by atoms with Crippen LogP contribution < -0.4 is 5.73 Å². The summed E-state index contributed by atoms with van der Waals surface area (Å²) in [6.07, 6.45) is 0. The zero-order chi connectivity index (χ0) is 15.4. The lowest BCUT2D eigenvalue weighted by molar-refractivity contribution is 0.0987. The van der Waals surface area contributed by atoms with Gasteiger partial charge in [0.1, 0.15) is 5.82 Å². The number of amides is 1. The molecule has 2 rings (SSSR count). The molecule has 1 aromatic carbocycles. The number of benzene rings is 1. The number of aromatic nitrogens is 2. The Morgan fingerprint density at radius 1 is 1.48 bits per heavy atom. The Morgan fingerprint density at radius 2 is 2.24 bits per heavy atom. The molecular formula is C13H14ClFN4O2. The Labute approximate surface area is 125 Å². The summed E-state index contributed by atoms with van der Waals surface area (Å²) < 4.78 is 18.7. The smallest absolute Gasteiger partial charge is 0.290 e. The molecule has 1 heterocycles. The Kier molecular flexibility index (Phi) is 4.87. The number of halogens is 2. The molecule has 0 bridgehead atoms. The van der Waals surface area contributed by atoms with Crippen LogP contribution in [-0.4, -0.2) is 27.5 Å². The van der Waals surface area contributed by atoms with E-state index in [0.717, 1.165) is 0 Å². The maximum atomic E-state index is 13.8. The first kappa shape index (κ1) is 15.4. The van der Waals surface area contributed by atoms with E-state index in [1.807, 2.05) is 11.8 Å². The van der Waals surface area contributed by atoms with E-state index in [1.54, 1.807) is 12.1 Å². The van der Waals surface area contributed by atoms with E-state index in [9.17, 15) is 9.18 Å². The predicted molar refractivity (Wildman–Crippen MR) is 74.0 cm³/mol. The van der Waals surface area contributed by atoms with Crippen LogP contribution in [0.4, 0.5) is 4.39 Å². The quantitative estimate of drug-likeness (QED) is 0.881. The zero-order valence-corrected chi connectivity index (χ0v) is 12.1. The van der Waals surface area contributed by atoms with Crippen LogP contribution in [0.1, 0.15) is 29.0 Å². The van der Waals surface area contributed by atoms with Crippen LogP contribution in [-0.2, 0) is 13.1 Å². The molecule has 6 nitrogen and oxygen atoms in total. The zero-order valence-electron chi connectivity index (χ0n) is 11.3. The van der Waals surface area contributed by atoms with Gasteiger partial charge in [0.15, 0.2) is 0 Å². The van der Waals surface area contributed by atoms with Crippen molar-refractivity contribution in [3.8, 4) is 0 Å². The van der Waals surface area contributed by atoms with Crippen molar-refractivity contribution in [2.75, 3.05) is 6.54 Å². The summed E-state index contributed by atoms with van der Waals surface area (Å²) in [5.74, 6) is -1.07. The Bertz CT molecular complexity index is 627. The summed E-state index contributed by atoms with van der Waals surface area (Å²) in [5, 5.41) is 3.82. The number of hydrogen-bond donors (Lipinski definition) is 1. The van der Waals surface area contributed by atoms with E-state index in [2.05, 4.69) is 10.1 Å². The SMILES string of the molecule is CCN(Cc1nc(C(N)=O)no1)Cc1c(F)cccc1Cl. The summed E-state index contributed by atoms with van der Waals surface area (Å²) in [4.78, 5) is 16.6. The first-order chi connectivity index (χ1) is 10.0. The van der Waals surface area contributed by atoms with Crippen molar-refractivity contribution in [2.24, 2.45) is 5.73 Å². The van der Waals surface area contributed by atoms with Crippen LogP contribution in [0.2, 0.25) is 5.02 Å². The third kappa shape index (κ3) is 3.77. The van der Waals surface area contributed by atoms with Crippen LogP contribution in [0.5, 0.6) is 0 Å². The molecule has 0 unspecified atom stereocenters. The van der Waals surface area contributed by atoms with Crippen molar-refractivity contribution in [2.45, 2.75) is 20.0 Å². The fourth-order valence-electron chi connectivity index (χ4n) is 1.80. The summed E-state index contributed by atoms with van der Waals surface area (Å²) in [7, 11) is 0. The molecule has 0 spiro atoms. The number of rotatable bonds is 6. The second-order valence-electron chi connectivity index (χ2n) is 4.38. The average molecular weight is 313 g/mol. The monoisotopic (exact) mass is 312 g/mol. The fraction of sp³-hybridized carbons (Fsp3) is 0.308. The minimum atomic E-state index is -0.759. The first-order valence-electron chi connectivity index (χ1n) is 6.29. The van der Waals surface area contributed by atoms with Gasteiger partial charge in [-0.3, -0.25) is 9.69 Å². The lowest BCUT2D eigenvalue weighted by Crippen LogP contribution is -2.23. The van der Waals surface area contributed by atoms with E-state index in [4.69, 9.17) is 21.9 Å². The molecule has 2 aromatic rings. The average Bonchev–Trinajstić information content (AvgIpc) is 2.90. The van der Waals surface area contributed by atoms with E-state index < -0.39 is 5.91 Å². The van der Waals surface area contributed by atoms with Gasteiger partial charge in [0.25, 0.3) is 11.7 Å². The van der Waals surface area contributed by atoms with Crippen molar-refractivity contribution < 1.29 is 13.7 Å². The molecular weight excluding hydrogens is 299 g/mol. The molecule has 0 atom stereocenters. The molecule has 1 aromatic heterocycles. The number of hydrogen-bond acceptors (Lipinski definition) is 5. The largest absolute Gasteiger partial charge is 0.363 e. The summed E-state index contributed by atoms with van der Waals surface area (Å²) in [5.41, 5.74) is 5.45. The van der Waals surface area contributed by atoms with Crippen molar-refractivity contribution in [1.29, 1.82) is 0 Å². The topological polar surface area (TPSA) is 85.3 Å². The highest BCUT2D eigenvalue weighted by Gasteiger charge is 2.16. The number of carbonyl (C=O) groups excluding carboxylic acids is 1. The summed E-state index contributed by atoms with van der Waals surface area (Å²) in [6, 6.07) is 4.53. The van der Waals surface area contributed by atoms with Crippen molar-refractivity contribution in [1.82, 2.24) is 15.0 Å². The summed E-state index contributed by atoms with van der Waals surface area (Å²) in [6.45, 7) is 3.07. The maximum Gasteiger partial charge on any atom is 0.290 e. The minimum Gasteiger partial charge on any atom is -0.363 e. The molecule has 2 N–H and O–H groups in total. The molecule has 0 aliphatic rings. The Hall–Kier alpha value is -1.99. The van der Waals surface area contributed by atoms with Gasteiger partial charge in [-0.05, 0) is 18.7 Å². The number of carbonyl (C=O) groups is 1. The standard InChI is InChI=1S/C13H14ClFN4O2/c1-2-19(6-8-9(14)4-3-5-10(8)15)7-11-17-13(12(16)20)18-21-11/h3-5H,2,6-7H2,1H3,(H2,16,20). The number of nitrogens with zero attached hydrogens (tertiary/aromatic N) is 3. The first-order valence-corrected chi connectivity index (χ1v) is 6.66. The Balaban J connectivity index is 2.11. The van der Waals surface area contributed by atoms with E-state index in [0.29, 0.717) is 17.1 Å². The van der Waals surface area contributed by atoms with Gasteiger partial charge in [0, 0.05) is 17.1 Å². The molecule has 1 amide bonds. The van der Waals surface area contributed by atoms with E-state index in [-0.39, 0.29) is 30.6 Å². The normalized spacial score (nSPS) is 11.0. The second-order valence-corrected chi connectivity index (χ2v) is 4.79. The van der Waals surface area contributed by atoms with Gasteiger partial charge in [-0.15, -0.1) is 0 Å². The van der Waals surface area contributed by atoms with Crippen molar-refractivity contribution in [3.63, 3.8) is 0 Å². The van der Waals surface area contributed by atoms with Crippen LogP contribution >= 0.6 is 11.6 Å². The van der Waals surface area contributed by atoms with Crippen LogP contribution in [0.25, 0.3) is 0 Å². The van der Waals surface area contributed by atoms with Gasteiger partial charge >= 0.3 is 0 Å². The highest BCUT2D eigenvalue weighted by molar-refractivity contribution is 6.31. The molecule has 0 saturated heterocycles. The molecule has 21 heavy (non-hydrogen) atoms. The molecule has 0 fully saturated rings. The van der Waals surface area contributed by atoms with Gasteiger partial charge in [-0.2, -0.15) is 4.98 Å². The van der Waals surface area contributed by atoms with Gasteiger partial charge in [0.05, 0.1) is 6.54 Å². The molecule has 0 aliphatic heterocycles. The maximum absolute atomic E-state index is 13.8. The summed E-state index contributed by atoms with van der Waals surface area (Å²) >= 11 is 6.00. The second kappa shape index (κ2) is 6.64. The van der Waals surface area contributed by atoms with E-state index in [1.165, 1.54) is 6.07 Å². The number of nitrogens with two attached hydrogens (primary N) is 1. The van der Waals surface area contributed by atoms with Gasteiger partial charge in [-0.1, -0.05) is 29.7 Å². The molecule has 0 saturated carbocycles. The Morgan fingerprint density at radius 3 is 2.81 bits per heavy atom. The predicted octanol–water partition coefficient (Wildman–Crippen LogP) is 1.98. The van der Waals surface area contributed by atoms with Gasteiger partial charge < -0.3 is 10.3 Å².